The van der Waals surface area contributed by atoms with Gasteiger partial charge in [-0.25, -0.2) is 0 Å². The molecule has 1 N–H and O–H groups in total. The van der Waals surface area contributed by atoms with E-state index in [4.69, 9.17) is 39.5 Å². The Labute approximate surface area is 275 Å². The van der Waals surface area contributed by atoms with Crippen LogP contribution in [-0.4, -0.2) is 17.9 Å². The van der Waals surface area contributed by atoms with Crippen molar-refractivity contribution in [3.8, 4) is 22.6 Å². The maximum absolute atomic E-state index is 10.9. The third-order valence-electron chi connectivity index (χ3n) is 7.90. The first kappa shape index (κ1) is 31.9. The summed E-state index contributed by atoms with van der Waals surface area (Å²) in [5, 5.41) is 16.6. The molecule has 0 radical (unpaired) electrons. The van der Waals surface area contributed by atoms with Gasteiger partial charge in [-0.2, -0.15) is 0 Å². The molecular weight excluding hydrogens is 626 g/mol. The van der Waals surface area contributed by atoms with Crippen LogP contribution in [0.15, 0.2) is 135 Å². The fourth-order valence-electron chi connectivity index (χ4n) is 5.75. The van der Waals surface area contributed by atoms with E-state index >= 15 is 0 Å². The van der Waals surface area contributed by atoms with E-state index in [1.807, 2.05) is 72.8 Å². The van der Waals surface area contributed by atoms with Crippen molar-refractivity contribution in [1.82, 2.24) is 0 Å². The summed E-state index contributed by atoms with van der Waals surface area (Å²) in [5.74, 6) is 0.903. The number of rotatable bonds is 12. The van der Waals surface area contributed by atoms with E-state index in [1.165, 1.54) is 15.9 Å². The van der Waals surface area contributed by atoms with E-state index in [2.05, 4.69) is 55.6 Å². The standard InChI is InChI=1S/C38H34Cl3O2P/c1-3-5-27-7-21-37(42)35(25-27)36-26-28(6-4-2)8-22-38(36)43-23-24-44(32-15-9-29(39)10-16-32,33-17-11-30(40)12-18-33)34-19-13-31(41)14-20-34/h3-4,7-22,25-26,42,44H,1-2,5-6,23-24H2. The molecule has 2 nitrogen and oxygen atoms in total. The zero-order valence-corrected chi connectivity index (χ0v) is 27.5. The fraction of sp³-hybridized carbons (Fsp3) is 0.105. The summed E-state index contributed by atoms with van der Waals surface area (Å²) in [6.07, 6.45) is 5.87. The van der Waals surface area contributed by atoms with E-state index in [0.717, 1.165) is 28.4 Å². The van der Waals surface area contributed by atoms with Crippen molar-refractivity contribution >= 4 is 58.0 Å². The Kier molecular flexibility index (Phi) is 10.5. The molecule has 0 saturated carbocycles. The molecule has 224 valence electrons. The Bertz CT molecular complexity index is 1640. The van der Waals surface area contributed by atoms with Crippen molar-refractivity contribution in [2.24, 2.45) is 0 Å². The van der Waals surface area contributed by atoms with Crippen molar-refractivity contribution in [1.29, 1.82) is 0 Å². The van der Waals surface area contributed by atoms with Gasteiger partial charge in [-0.3, -0.25) is 0 Å². The molecule has 0 aromatic heterocycles. The van der Waals surface area contributed by atoms with Crippen LogP contribution in [0.2, 0.25) is 15.1 Å². The normalized spacial score (nSPS) is 11.6. The summed E-state index contributed by atoms with van der Waals surface area (Å²) in [7, 11) is -2.67. The summed E-state index contributed by atoms with van der Waals surface area (Å²) in [6, 6.07) is 36.2. The number of halogens is 3. The molecule has 0 amide bonds. The Balaban J connectivity index is 1.59. The average Bonchev–Trinajstić information content (AvgIpc) is 3.03. The molecule has 0 aliphatic carbocycles. The van der Waals surface area contributed by atoms with Crippen molar-refractivity contribution in [3.63, 3.8) is 0 Å². The molecule has 0 unspecified atom stereocenters. The molecular formula is C38H34Cl3O2P. The zero-order valence-electron chi connectivity index (χ0n) is 24.3. The molecule has 0 aliphatic heterocycles. The second-order valence-electron chi connectivity index (χ2n) is 10.7. The molecule has 0 saturated heterocycles. The Hall–Kier alpha value is -3.52. The molecule has 5 rings (SSSR count). The van der Waals surface area contributed by atoms with Gasteiger partial charge in [0.1, 0.15) is 0 Å². The molecule has 0 aliphatic rings. The molecule has 5 aromatic rings. The third-order valence-corrected chi connectivity index (χ3v) is 13.6. The number of ether oxygens (including phenoxy) is 1. The predicted molar refractivity (Wildman–Crippen MR) is 193 cm³/mol. The molecule has 44 heavy (non-hydrogen) atoms. The summed E-state index contributed by atoms with van der Waals surface area (Å²) in [5.41, 5.74) is 3.71. The molecule has 6 heteroatoms. The molecule has 0 bridgehead atoms. The first-order chi connectivity index (χ1) is 21.3. The zero-order chi connectivity index (χ0) is 31.1. The van der Waals surface area contributed by atoms with Crippen molar-refractivity contribution < 1.29 is 9.84 Å². The average molecular weight is 660 g/mol. The molecule has 0 spiro atoms. The van der Waals surface area contributed by atoms with E-state index in [0.29, 0.717) is 40.3 Å². The van der Waals surface area contributed by atoms with Crippen LogP contribution in [0.4, 0.5) is 0 Å². The topological polar surface area (TPSA) is 29.5 Å². The van der Waals surface area contributed by atoms with Crippen LogP contribution in [0.1, 0.15) is 11.1 Å². The summed E-state index contributed by atoms with van der Waals surface area (Å²) in [6.45, 7) is 8.21. The molecule has 0 atom stereocenters. The third kappa shape index (κ3) is 7.06. The molecule has 5 aromatic carbocycles. The monoisotopic (exact) mass is 658 g/mol. The first-order valence-electron chi connectivity index (χ1n) is 14.4. The van der Waals surface area contributed by atoms with Crippen LogP contribution in [-0.2, 0) is 12.8 Å². The minimum absolute atomic E-state index is 0.200. The van der Waals surface area contributed by atoms with Gasteiger partial charge in [-0.1, -0.05) is 0 Å². The quantitative estimate of drug-likeness (QED) is 0.107. The van der Waals surface area contributed by atoms with Crippen LogP contribution in [0.25, 0.3) is 11.1 Å². The number of phenols is 1. The van der Waals surface area contributed by atoms with Gasteiger partial charge < -0.3 is 0 Å². The van der Waals surface area contributed by atoms with Crippen LogP contribution in [0.3, 0.4) is 0 Å². The number of aromatic hydroxyl groups is 1. The number of allylic oxidation sites excluding steroid dienone is 2. The van der Waals surface area contributed by atoms with Crippen molar-refractivity contribution in [2.45, 2.75) is 12.8 Å². The number of benzene rings is 5. The summed E-state index contributed by atoms with van der Waals surface area (Å²) >= 11 is 19.1. The van der Waals surface area contributed by atoms with Gasteiger partial charge in [0, 0.05) is 0 Å². The van der Waals surface area contributed by atoms with Gasteiger partial charge in [-0.15, -0.1) is 0 Å². The first-order valence-corrected chi connectivity index (χ1v) is 17.8. The number of phenolic OH excluding ortho intramolecular Hbond substituents is 1. The second-order valence-corrected chi connectivity index (χ2v) is 16.0. The van der Waals surface area contributed by atoms with Crippen molar-refractivity contribution in [2.75, 3.05) is 12.8 Å². The van der Waals surface area contributed by atoms with E-state index in [9.17, 15) is 5.11 Å². The summed E-state index contributed by atoms with van der Waals surface area (Å²) < 4.78 is 6.67. The SMILES string of the molecule is C=CCc1ccc(O)c(-c2cc(CC=C)ccc2OCC[PH](c2ccc(Cl)cc2)(c2ccc(Cl)cc2)c2ccc(Cl)cc2)c1. The van der Waals surface area contributed by atoms with Gasteiger partial charge in [0.25, 0.3) is 0 Å². The van der Waals surface area contributed by atoms with Crippen LogP contribution < -0.4 is 20.7 Å². The predicted octanol–water partition coefficient (Wildman–Crippen LogP) is 9.58. The van der Waals surface area contributed by atoms with Crippen LogP contribution in [0, 0.1) is 0 Å². The van der Waals surface area contributed by atoms with Crippen LogP contribution >= 0.6 is 42.1 Å². The maximum atomic E-state index is 10.9. The van der Waals surface area contributed by atoms with E-state index in [-0.39, 0.29) is 5.75 Å². The van der Waals surface area contributed by atoms with E-state index in [1.54, 1.807) is 6.07 Å². The second kappa shape index (κ2) is 14.5. The minimum atomic E-state index is -2.67. The number of hydrogen-bond acceptors (Lipinski definition) is 2. The van der Waals surface area contributed by atoms with Gasteiger partial charge in [0.05, 0.1) is 0 Å². The fourth-order valence-corrected chi connectivity index (χ4v) is 10.6. The van der Waals surface area contributed by atoms with Gasteiger partial charge in [-0.05, 0) is 0 Å². The number of hydrogen-bond donors (Lipinski definition) is 1. The molecule has 0 heterocycles. The Morgan fingerprint density at radius 3 is 1.48 bits per heavy atom. The van der Waals surface area contributed by atoms with Crippen LogP contribution in [0.5, 0.6) is 11.5 Å². The van der Waals surface area contributed by atoms with E-state index < -0.39 is 7.26 Å². The van der Waals surface area contributed by atoms with Crippen molar-refractivity contribution in [3.05, 3.63) is 161 Å². The van der Waals surface area contributed by atoms with Gasteiger partial charge in [0.2, 0.25) is 0 Å². The van der Waals surface area contributed by atoms with Gasteiger partial charge >= 0.3 is 277 Å². The summed E-state index contributed by atoms with van der Waals surface area (Å²) in [4.78, 5) is 0. The van der Waals surface area contributed by atoms with Gasteiger partial charge in [0.15, 0.2) is 0 Å². The Morgan fingerprint density at radius 2 is 1.02 bits per heavy atom. The molecule has 0 fully saturated rings. The Morgan fingerprint density at radius 1 is 0.591 bits per heavy atom.